The van der Waals surface area contributed by atoms with E-state index in [1.807, 2.05) is 0 Å². The molecule has 0 aliphatic heterocycles. The molecule has 106 valence electrons. The Hall–Kier alpha value is -0.780. The number of hydrogen-bond donors (Lipinski definition) is 0. The first-order chi connectivity index (χ1) is 9.08. The first-order valence-electron chi connectivity index (χ1n) is 8.11. The topological polar surface area (TPSA) is 0 Å². The summed E-state index contributed by atoms with van der Waals surface area (Å²) in [5.41, 5.74) is 1.53. The molecule has 0 spiro atoms. The molecule has 0 heteroatoms. The molecule has 0 aromatic heterocycles. The molecule has 0 amide bonds. The Morgan fingerprint density at radius 2 is 1.63 bits per heavy atom. The van der Waals surface area contributed by atoms with E-state index in [4.69, 9.17) is 0 Å². The lowest BCUT2D eigenvalue weighted by molar-refractivity contribution is 0.113. The van der Waals surface area contributed by atoms with Gasteiger partial charge < -0.3 is 0 Å². The van der Waals surface area contributed by atoms with Crippen LogP contribution in [0, 0.1) is 29.6 Å². The molecule has 0 N–H and O–H groups in total. The Balaban J connectivity index is 2.07. The molecule has 1 aromatic rings. The number of rotatable bonds is 4. The van der Waals surface area contributed by atoms with E-state index in [1.54, 1.807) is 0 Å². The molecule has 3 atom stereocenters. The second kappa shape index (κ2) is 6.59. The van der Waals surface area contributed by atoms with E-state index in [2.05, 4.69) is 58.0 Å². The van der Waals surface area contributed by atoms with Crippen LogP contribution in [-0.4, -0.2) is 0 Å². The van der Waals surface area contributed by atoms with Gasteiger partial charge in [-0.15, -0.1) is 0 Å². The number of benzene rings is 1. The lowest BCUT2D eigenvalue weighted by atomic mass is 9.65. The van der Waals surface area contributed by atoms with Crippen LogP contribution in [0.1, 0.15) is 52.5 Å². The highest BCUT2D eigenvalue weighted by molar-refractivity contribution is 5.15. The summed E-state index contributed by atoms with van der Waals surface area (Å²) in [6.07, 6.45) is 5.62. The zero-order chi connectivity index (χ0) is 13.8. The predicted octanol–water partition coefficient (Wildman–Crippen LogP) is 5.57. The van der Waals surface area contributed by atoms with Crippen molar-refractivity contribution in [1.82, 2.24) is 0 Å². The van der Waals surface area contributed by atoms with Crippen molar-refractivity contribution in [2.45, 2.75) is 53.4 Å². The van der Waals surface area contributed by atoms with Crippen LogP contribution in [0.15, 0.2) is 30.3 Å². The molecule has 1 aliphatic carbocycles. The van der Waals surface area contributed by atoms with Crippen LogP contribution in [0.2, 0.25) is 0 Å². The van der Waals surface area contributed by atoms with Gasteiger partial charge >= 0.3 is 0 Å². The maximum Gasteiger partial charge on any atom is -0.0248 e. The molecule has 19 heavy (non-hydrogen) atoms. The molecule has 3 unspecified atom stereocenters. The van der Waals surface area contributed by atoms with Crippen molar-refractivity contribution in [3.8, 4) is 0 Å². The Kier molecular flexibility index (Phi) is 5.07. The van der Waals surface area contributed by atoms with Crippen LogP contribution < -0.4 is 0 Å². The van der Waals surface area contributed by atoms with Crippen LogP contribution in [0.5, 0.6) is 0 Å². The van der Waals surface area contributed by atoms with E-state index >= 15 is 0 Å². The lowest BCUT2D eigenvalue weighted by Crippen LogP contribution is -2.31. The average molecular weight is 258 g/mol. The second-order valence-corrected chi connectivity index (χ2v) is 7.17. The first kappa shape index (κ1) is 14.6. The fourth-order valence-corrected chi connectivity index (χ4v) is 3.96. The van der Waals surface area contributed by atoms with Gasteiger partial charge in [-0.1, -0.05) is 58.0 Å². The van der Waals surface area contributed by atoms with Crippen molar-refractivity contribution < 1.29 is 0 Å². The van der Waals surface area contributed by atoms with Crippen molar-refractivity contribution in [3.05, 3.63) is 35.9 Å². The Morgan fingerprint density at radius 3 is 2.21 bits per heavy atom. The standard InChI is InChI=1S/C19H30/c1-14(2)17-10-11-19(15(3)4)18(13-17)12-16-8-6-5-7-9-16/h5-9,14-15,17-19H,10-13H2,1-4H3. The highest BCUT2D eigenvalue weighted by Crippen LogP contribution is 2.42. The van der Waals surface area contributed by atoms with E-state index < -0.39 is 0 Å². The highest BCUT2D eigenvalue weighted by atomic mass is 14.4. The molecule has 0 radical (unpaired) electrons. The fourth-order valence-electron chi connectivity index (χ4n) is 3.96. The third-order valence-electron chi connectivity index (χ3n) is 5.22. The van der Waals surface area contributed by atoms with Crippen molar-refractivity contribution in [2.24, 2.45) is 29.6 Å². The maximum atomic E-state index is 2.42. The zero-order valence-electron chi connectivity index (χ0n) is 13.1. The summed E-state index contributed by atoms with van der Waals surface area (Å²) in [5.74, 6) is 4.45. The van der Waals surface area contributed by atoms with Gasteiger partial charge in [-0.25, -0.2) is 0 Å². The average Bonchev–Trinajstić information content (AvgIpc) is 2.39. The summed E-state index contributed by atoms with van der Waals surface area (Å²) < 4.78 is 0. The predicted molar refractivity (Wildman–Crippen MR) is 84.1 cm³/mol. The SMILES string of the molecule is CC(C)C1CCC(C(C)C)C(Cc2ccccc2)C1. The zero-order valence-corrected chi connectivity index (χ0v) is 13.1. The van der Waals surface area contributed by atoms with Crippen molar-refractivity contribution in [3.63, 3.8) is 0 Å². The van der Waals surface area contributed by atoms with E-state index in [9.17, 15) is 0 Å². The molecule has 0 bridgehead atoms. The molecular formula is C19H30. The summed E-state index contributed by atoms with van der Waals surface area (Å²) in [6.45, 7) is 9.64. The highest BCUT2D eigenvalue weighted by Gasteiger charge is 2.33. The maximum absolute atomic E-state index is 2.42. The normalized spacial score (nSPS) is 28.0. The first-order valence-corrected chi connectivity index (χ1v) is 8.11. The largest absolute Gasteiger partial charge is 0.0625 e. The fraction of sp³-hybridized carbons (Fsp3) is 0.684. The molecule has 2 rings (SSSR count). The van der Waals surface area contributed by atoms with E-state index in [-0.39, 0.29) is 0 Å². The van der Waals surface area contributed by atoms with E-state index in [1.165, 1.54) is 31.2 Å². The molecular weight excluding hydrogens is 228 g/mol. The Bertz CT molecular complexity index is 363. The Labute approximate surface area is 119 Å². The minimum Gasteiger partial charge on any atom is -0.0625 e. The second-order valence-electron chi connectivity index (χ2n) is 7.17. The summed E-state index contributed by atoms with van der Waals surface area (Å²) in [4.78, 5) is 0. The minimum absolute atomic E-state index is 0.835. The van der Waals surface area contributed by atoms with Gasteiger partial charge in [-0.3, -0.25) is 0 Å². The van der Waals surface area contributed by atoms with Crippen LogP contribution in [0.4, 0.5) is 0 Å². The van der Waals surface area contributed by atoms with Gasteiger partial charge in [-0.2, -0.15) is 0 Å². The molecule has 1 saturated carbocycles. The monoisotopic (exact) mass is 258 g/mol. The summed E-state index contributed by atoms with van der Waals surface area (Å²) in [7, 11) is 0. The van der Waals surface area contributed by atoms with Crippen molar-refractivity contribution in [1.29, 1.82) is 0 Å². The molecule has 1 fully saturated rings. The third kappa shape index (κ3) is 3.84. The molecule has 0 saturated heterocycles. The molecule has 0 heterocycles. The molecule has 1 aromatic carbocycles. The summed E-state index contributed by atoms with van der Waals surface area (Å²) in [6, 6.07) is 11.1. The van der Waals surface area contributed by atoms with Crippen LogP contribution in [0.3, 0.4) is 0 Å². The van der Waals surface area contributed by atoms with Gasteiger partial charge in [0.15, 0.2) is 0 Å². The lowest BCUT2D eigenvalue weighted by Gasteiger charge is -2.40. The minimum atomic E-state index is 0.835. The van der Waals surface area contributed by atoms with Crippen LogP contribution in [-0.2, 0) is 6.42 Å². The van der Waals surface area contributed by atoms with Crippen molar-refractivity contribution in [2.75, 3.05) is 0 Å². The molecule has 0 nitrogen and oxygen atoms in total. The van der Waals surface area contributed by atoms with Gasteiger partial charge in [0.25, 0.3) is 0 Å². The summed E-state index contributed by atoms with van der Waals surface area (Å²) in [5, 5.41) is 0. The molecule has 1 aliphatic rings. The Morgan fingerprint density at radius 1 is 0.947 bits per heavy atom. The van der Waals surface area contributed by atoms with E-state index in [0.717, 1.165) is 29.6 Å². The smallest absolute Gasteiger partial charge is 0.0248 e. The van der Waals surface area contributed by atoms with Gasteiger partial charge in [0, 0.05) is 0 Å². The van der Waals surface area contributed by atoms with E-state index in [0.29, 0.717) is 0 Å². The van der Waals surface area contributed by atoms with Gasteiger partial charge in [0.1, 0.15) is 0 Å². The van der Waals surface area contributed by atoms with Gasteiger partial charge in [0.2, 0.25) is 0 Å². The third-order valence-corrected chi connectivity index (χ3v) is 5.22. The van der Waals surface area contributed by atoms with Gasteiger partial charge in [-0.05, 0) is 60.8 Å². The van der Waals surface area contributed by atoms with Gasteiger partial charge in [0.05, 0.1) is 0 Å². The quantitative estimate of drug-likeness (QED) is 0.662. The van der Waals surface area contributed by atoms with Crippen LogP contribution in [0.25, 0.3) is 0 Å². The number of hydrogen-bond acceptors (Lipinski definition) is 0. The van der Waals surface area contributed by atoms with Crippen molar-refractivity contribution >= 4 is 0 Å². The summed E-state index contributed by atoms with van der Waals surface area (Å²) >= 11 is 0. The van der Waals surface area contributed by atoms with Crippen LogP contribution >= 0.6 is 0 Å².